The Kier molecular flexibility index (Phi) is 6.42. The van der Waals surface area contributed by atoms with Crippen LogP contribution in [-0.4, -0.2) is 34.8 Å². The lowest BCUT2D eigenvalue weighted by Crippen LogP contribution is -2.37. The fourth-order valence-corrected chi connectivity index (χ4v) is 3.10. The molecule has 1 N–H and O–H groups in total. The Bertz CT molecular complexity index is 914. The molecular formula is C23H28N2O4. The second kappa shape index (κ2) is 8.99. The Morgan fingerprint density at radius 2 is 1.86 bits per heavy atom. The zero-order valence-electron chi connectivity index (χ0n) is 17.2. The van der Waals surface area contributed by atoms with Crippen molar-refractivity contribution in [1.29, 1.82) is 0 Å². The molecule has 0 bridgehead atoms. The third-order valence-electron chi connectivity index (χ3n) is 4.75. The first kappa shape index (κ1) is 20.7. The average molecular weight is 396 g/mol. The third-order valence-corrected chi connectivity index (χ3v) is 4.75. The maximum Gasteiger partial charge on any atom is 0.347 e. The molecule has 0 aliphatic rings. The van der Waals surface area contributed by atoms with E-state index >= 15 is 0 Å². The van der Waals surface area contributed by atoms with Gasteiger partial charge in [0.25, 0.3) is 6.01 Å². The second-order valence-electron chi connectivity index (χ2n) is 7.62. The summed E-state index contributed by atoms with van der Waals surface area (Å²) in [7, 11) is 0. The van der Waals surface area contributed by atoms with Gasteiger partial charge in [0.1, 0.15) is 11.3 Å². The standard InChI is InChI=1S/C23H28N2O4/c1-4-15-25(22-24-19-9-5-6-10-20(19)28-22)16-7-8-17-11-13-18(14-12-17)29-23(2,3)21(26)27/h5-6,9-14H,4,7-8,15-16H2,1-3H3,(H,26,27). The molecule has 29 heavy (non-hydrogen) atoms. The van der Waals surface area contributed by atoms with Gasteiger partial charge in [0, 0.05) is 13.1 Å². The van der Waals surface area contributed by atoms with E-state index in [0.717, 1.165) is 43.5 Å². The molecule has 0 saturated heterocycles. The first-order chi connectivity index (χ1) is 13.9. The Labute approximate surface area is 171 Å². The van der Waals surface area contributed by atoms with Crippen molar-refractivity contribution in [2.75, 3.05) is 18.0 Å². The summed E-state index contributed by atoms with van der Waals surface area (Å²) in [6.45, 7) is 6.97. The largest absolute Gasteiger partial charge is 0.478 e. The van der Waals surface area contributed by atoms with E-state index in [1.165, 1.54) is 19.4 Å². The molecular weight excluding hydrogens is 368 g/mol. The molecule has 2 aromatic carbocycles. The van der Waals surface area contributed by atoms with Gasteiger partial charge in [-0.1, -0.05) is 31.2 Å². The van der Waals surface area contributed by atoms with E-state index in [2.05, 4.69) is 16.8 Å². The van der Waals surface area contributed by atoms with Gasteiger partial charge in [-0.15, -0.1) is 0 Å². The van der Waals surface area contributed by atoms with Crippen molar-refractivity contribution in [3.05, 3.63) is 54.1 Å². The molecule has 0 spiro atoms. The van der Waals surface area contributed by atoms with Crippen LogP contribution in [0.4, 0.5) is 6.01 Å². The van der Waals surface area contributed by atoms with E-state index in [4.69, 9.17) is 14.3 Å². The summed E-state index contributed by atoms with van der Waals surface area (Å²) in [4.78, 5) is 18.0. The molecule has 0 saturated carbocycles. The second-order valence-corrected chi connectivity index (χ2v) is 7.62. The molecule has 6 nitrogen and oxygen atoms in total. The molecule has 3 rings (SSSR count). The zero-order chi connectivity index (χ0) is 20.9. The molecule has 0 radical (unpaired) electrons. The number of carbonyl (C=O) groups is 1. The van der Waals surface area contributed by atoms with Crippen LogP contribution in [0.15, 0.2) is 52.9 Å². The molecule has 0 atom stereocenters. The van der Waals surface area contributed by atoms with Gasteiger partial charge in [0.05, 0.1) is 0 Å². The highest BCUT2D eigenvalue weighted by molar-refractivity contribution is 5.76. The number of carboxylic acid groups (broad SMARTS) is 1. The number of ether oxygens (including phenoxy) is 1. The van der Waals surface area contributed by atoms with Gasteiger partial charge in [-0.05, 0) is 62.9 Å². The number of carboxylic acids is 1. The smallest absolute Gasteiger partial charge is 0.347 e. The van der Waals surface area contributed by atoms with Crippen molar-refractivity contribution in [3.8, 4) is 5.75 Å². The Hall–Kier alpha value is -3.02. The lowest BCUT2D eigenvalue weighted by atomic mass is 10.1. The Balaban J connectivity index is 1.57. The number of rotatable bonds is 10. The predicted molar refractivity (Wildman–Crippen MR) is 114 cm³/mol. The van der Waals surface area contributed by atoms with Crippen LogP contribution in [0.3, 0.4) is 0 Å². The summed E-state index contributed by atoms with van der Waals surface area (Å²) in [5.74, 6) is -0.433. The first-order valence-electron chi connectivity index (χ1n) is 10.0. The highest BCUT2D eigenvalue weighted by Gasteiger charge is 2.29. The highest BCUT2D eigenvalue weighted by Crippen LogP contribution is 2.23. The summed E-state index contributed by atoms with van der Waals surface area (Å²) in [5, 5.41) is 9.17. The fourth-order valence-electron chi connectivity index (χ4n) is 3.10. The summed E-state index contributed by atoms with van der Waals surface area (Å²) in [5.41, 5.74) is 1.62. The quantitative estimate of drug-likeness (QED) is 0.524. The van der Waals surface area contributed by atoms with Crippen molar-refractivity contribution in [1.82, 2.24) is 4.98 Å². The van der Waals surface area contributed by atoms with Crippen molar-refractivity contribution < 1.29 is 19.1 Å². The van der Waals surface area contributed by atoms with Gasteiger partial charge in [-0.2, -0.15) is 4.98 Å². The van der Waals surface area contributed by atoms with E-state index in [1.54, 1.807) is 0 Å². The number of anilines is 1. The van der Waals surface area contributed by atoms with Gasteiger partial charge in [0.15, 0.2) is 11.2 Å². The summed E-state index contributed by atoms with van der Waals surface area (Å²) < 4.78 is 11.5. The Morgan fingerprint density at radius 3 is 2.52 bits per heavy atom. The van der Waals surface area contributed by atoms with Crippen LogP contribution < -0.4 is 9.64 Å². The average Bonchev–Trinajstić information content (AvgIpc) is 3.12. The van der Waals surface area contributed by atoms with Crippen LogP contribution in [0.25, 0.3) is 11.1 Å². The minimum Gasteiger partial charge on any atom is -0.478 e. The van der Waals surface area contributed by atoms with E-state index in [1.807, 2.05) is 48.5 Å². The van der Waals surface area contributed by atoms with Crippen LogP contribution in [0.2, 0.25) is 0 Å². The fraction of sp³-hybridized carbons (Fsp3) is 0.391. The van der Waals surface area contributed by atoms with Crippen molar-refractivity contribution in [3.63, 3.8) is 0 Å². The molecule has 1 aromatic heterocycles. The lowest BCUT2D eigenvalue weighted by molar-refractivity contribution is -0.152. The maximum atomic E-state index is 11.2. The van der Waals surface area contributed by atoms with Crippen LogP contribution >= 0.6 is 0 Å². The van der Waals surface area contributed by atoms with E-state index in [-0.39, 0.29) is 0 Å². The molecule has 154 valence electrons. The van der Waals surface area contributed by atoms with Gasteiger partial charge in [-0.25, -0.2) is 4.79 Å². The van der Waals surface area contributed by atoms with Crippen LogP contribution in [0.1, 0.15) is 39.2 Å². The number of nitrogens with zero attached hydrogens (tertiary/aromatic N) is 2. The Morgan fingerprint density at radius 1 is 1.14 bits per heavy atom. The minimum absolute atomic E-state index is 0.556. The number of hydrogen-bond acceptors (Lipinski definition) is 5. The van der Waals surface area contributed by atoms with E-state index in [9.17, 15) is 4.79 Å². The molecule has 0 aliphatic carbocycles. The number of aryl methyl sites for hydroxylation is 1. The number of benzene rings is 2. The number of aliphatic carboxylic acids is 1. The molecule has 0 fully saturated rings. The number of para-hydroxylation sites is 2. The number of hydrogen-bond donors (Lipinski definition) is 1. The monoisotopic (exact) mass is 396 g/mol. The summed E-state index contributed by atoms with van der Waals surface area (Å²) >= 11 is 0. The van der Waals surface area contributed by atoms with Crippen molar-refractivity contribution in [2.24, 2.45) is 0 Å². The van der Waals surface area contributed by atoms with Gasteiger partial charge in [0.2, 0.25) is 0 Å². The summed E-state index contributed by atoms with van der Waals surface area (Å²) in [6.07, 6.45) is 2.88. The number of oxazole rings is 1. The highest BCUT2D eigenvalue weighted by atomic mass is 16.5. The van der Waals surface area contributed by atoms with E-state index in [0.29, 0.717) is 11.8 Å². The SMILES string of the molecule is CCCN(CCCc1ccc(OC(C)(C)C(=O)O)cc1)c1nc2ccccc2o1. The molecule has 6 heteroatoms. The van der Waals surface area contributed by atoms with Gasteiger partial charge < -0.3 is 19.2 Å². The topological polar surface area (TPSA) is 75.8 Å². The number of fused-ring (bicyclic) bond motifs is 1. The molecule has 0 unspecified atom stereocenters. The van der Waals surface area contributed by atoms with Crippen molar-refractivity contribution in [2.45, 2.75) is 45.6 Å². The van der Waals surface area contributed by atoms with Crippen LogP contribution in [0.5, 0.6) is 5.75 Å². The molecule has 1 heterocycles. The normalized spacial score (nSPS) is 11.6. The minimum atomic E-state index is -1.25. The number of aromatic nitrogens is 1. The van der Waals surface area contributed by atoms with Gasteiger partial charge in [-0.3, -0.25) is 0 Å². The molecule has 0 amide bonds. The molecule has 0 aliphatic heterocycles. The van der Waals surface area contributed by atoms with Crippen LogP contribution in [-0.2, 0) is 11.2 Å². The maximum absolute atomic E-state index is 11.2. The third kappa shape index (κ3) is 5.28. The summed E-state index contributed by atoms with van der Waals surface area (Å²) in [6, 6.07) is 16.1. The molecule has 3 aromatic rings. The van der Waals surface area contributed by atoms with Gasteiger partial charge >= 0.3 is 5.97 Å². The van der Waals surface area contributed by atoms with Crippen molar-refractivity contribution >= 4 is 23.1 Å². The van der Waals surface area contributed by atoms with E-state index < -0.39 is 11.6 Å². The predicted octanol–water partition coefficient (Wildman–Crippen LogP) is 4.92. The first-order valence-corrected chi connectivity index (χ1v) is 10.0. The van der Waals surface area contributed by atoms with Crippen LogP contribution in [0, 0.1) is 0 Å². The lowest BCUT2D eigenvalue weighted by Gasteiger charge is -2.21. The zero-order valence-corrected chi connectivity index (χ0v) is 17.2.